The van der Waals surface area contributed by atoms with Crippen LogP contribution in [-0.2, 0) is 0 Å². The van der Waals surface area contributed by atoms with E-state index in [4.69, 9.17) is 4.74 Å². The lowest BCUT2D eigenvalue weighted by Gasteiger charge is -2.36. The summed E-state index contributed by atoms with van der Waals surface area (Å²) in [6, 6.07) is 10.6. The van der Waals surface area contributed by atoms with Crippen LogP contribution in [0.4, 0.5) is 0 Å². The van der Waals surface area contributed by atoms with Crippen LogP contribution < -0.4 is 4.74 Å². The Kier molecular flexibility index (Phi) is 5.19. The van der Waals surface area contributed by atoms with Crippen molar-refractivity contribution in [3.63, 3.8) is 0 Å². The van der Waals surface area contributed by atoms with E-state index in [1.54, 1.807) is 11.8 Å². The summed E-state index contributed by atoms with van der Waals surface area (Å²) in [4.78, 5) is 15.6. The average Bonchev–Trinajstić information content (AvgIpc) is 3.46. The number of benzene rings is 1. The molecule has 0 atom stereocenters. The number of para-hydroxylation sites is 1. The summed E-state index contributed by atoms with van der Waals surface area (Å²) in [7, 11) is 1.61. The minimum atomic E-state index is 0.0315. The van der Waals surface area contributed by atoms with Gasteiger partial charge in [-0.3, -0.25) is 4.79 Å². The number of nitrogens with zero attached hydrogens (tertiary/aromatic N) is 3. The van der Waals surface area contributed by atoms with Gasteiger partial charge in [0, 0.05) is 12.1 Å². The van der Waals surface area contributed by atoms with E-state index < -0.39 is 0 Å². The van der Waals surface area contributed by atoms with Crippen LogP contribution in [0.1, 0.15) is 62.4 Å². The molecule has 0 radical (unpaired) electrons. The molecule has 27 heavy (non-hydrogen) atoms. The maximum absolute atomic E-state index is 13.5. The van der Waals surface area contributed by atoms with Crippen molar-refractivity contribution in [3.05, 3.63) is 42.2 Å². The van der Waals surface area contributed by atoms with E-state index in [2.05, 4.69) is 16.9 Å². The molecule has 2 aliphatic carbocycles. The van der Waals surface area contributed by atoms with Crippen molar-refractivity contribution in [1.82, 2.24) is 14.7 Å². The molecule has 2 aromatic rings. The van der Waals surface area contributed by atoms with Gasteiger partial charge in [-0.05, 0) is 56.6 Å². The number of amides is 1. The van der Waals surface area contributed by atoms with E-state index in [9.17, 15) is 4.79 Å². The van der Waals surface area contributed by atoms with E-state index in [0.29, 0.717) is 23.5 Å². The summed E-state index contributed by atoms with van der Waals surface area (Å²) in [5.74, 6) is 1.41. The van der Waals surface area contributed by atoms with Gasteiger partial charge in [0.05, 0.1) is 19.0 Å². The number of hydrogen-bond acceptors (Lipinski definition) is 3. The number of carbonyl (C=O) groups is 1. The van der Waals surface area contributed by atoms with Crippen LogP contribution in [0.15, 0.2) is 36.5 Å². The molecule has 1 amide bonds. The van der Waals surface area contributed by atoms with Gasteiger partial charge < -0.3 is 9.64 Å². The van der Waals surface area contributed by atoms with Crippen molar-refractivity contribution in [2.24, 2.45) is 5.92 Å². The zero-order valence-electron chi connectivity index (χ0n) is 16.3. The molecule has 0 bridgehead atoms. The van der Waals surface area contributed by atoms with Crippen molar-refractivity contribution in [2.45, 2.75) is 64.0 Å². The summed E-state index contributed by atoms with van der Waals surface area (Å²) < 4.78 is 7.25. The fraction of sp³-hybridized carbons (Fsp3) is 0.545. The number of hydrogen-bond donors (Lipinski definition) is 0. The SMILES string of the molecule is CCC1CCC(N(C(=O)c2nn(-c3ccccc3)cc2OC)C2CC2)CC1. The lowest BCUT2D eigenvalue weighted by Crippen LogP contribution is -2.44. The van der Waals surface area contributed by atoms with Gasteiger partial charge in [-0.2, -0.15) is 5.10 Å². The molecule has 1 aromatic heterocycles. The lowest BCUT2D eigenvalue weighted by atomic mass is 9.83. The third-order valence-electron chi connectivity index (χ3n) is 6.09. The molecule has 5 nitrogen and oxygen atoms in total. The average molecular weight is 367 g/mol. The highest BCUT2D eigenvalue weighted by atomic mass is 16.5. The van der Waals surface area contributed by atoms with Gasteiger partial charge in [-0.25, -0.2) is 4.68 Å². The van der Waals surface area contributed by atoms with Crippen LogP contribution in [0.25, 0.3) is 5.69 Å². The number of aromatic nitrogens is 2. The normalized spacial score (nSPS) is 22.4. The smallest absolute Gasteiger partial charge is 0.278 e. The van der Waals surface area contributed by atoms with Crippen LogP contribution in [0.3, 0.4) is 0 Å². The van der Waals surface area contributed by atoms with E-state index in [-0.39, 0.29) is 5.91 Å². The second-order valence-corrected chi connectivity index (χ2v) is 7.85. The zero-order valence-corrected chi connectivity index (χ0v) is 16.3. The maximum atomic E-state index is 13.5. The highest BCUT2D eigenvalue weighted by Gasteiger charge is 2.40. The van der Waals surface area contributed by atoms with Gasteiger partial charge in [0.2, 0.25) is 0 Å². The van der Waals surface area contributed by atoms with E-state index in [1.807, 2.05) is 36.5 Å². The molecule has 4 rings (SSSR count). The van der Waals surface area contributed by atoms with Crippen molar-refractivity contribution in [1.29, 1.82) is 0 Å². The minimum Gasteiger partial charge on any atom is -0.493 e. The molecule has 0 unspecified atom stereocenters. The molecule has 2 fully saturated rings. The molecule has 2 aliphatic rings. The van der Waals surface area contributed by atoms with Crippen LogP contribution >= 0.6 is 0 Å². The second kappa shape index (κ2) is 7.75. The molecule has 2 saturated carbocycles. The topological polar surface area (TPSA) is 47.4 Å². The van der Waals surface area contributed by atoms with Gasteiger partial charge in [0.15, 0.2) is 11.4 Å². The molecule has 0 N–H and O–H groups in total. The molecule has 0 saturated heterocycles. The Bertz CT molecular complexity index is 774. The largest absolute Gasteiger partial charge is 0.493 e. The molecule has 0 aliphatic heterocycles. The summed E-state index contributed by atoms with van der Waals surface area (Å²) in [6.45, 7) is 2.27. The summed E-state index contributed by atoms with van der Waals surface area (Å²) in [6.07, 6.45) is 9.97. The first-order valence-electron chi connectivity index (χ1n) is 10.2. The standard InChI is InChI=1S/C22H29N3O2/c1-3-16-9-11-18(12-10-16)25(19-13-14-19)22(26)21-20(27-2)15-24(23-21)17-7-5-4-6-8-17/h4-8,15-16,18-19H,3,9-14H2,1-2H3. The van der Waals surface area contributed by atoms with Crippen molar-refractivity contribution >= 4 is 5.91 Å². The Balaban J connectivity index is 1.59. The molecule has 1 aromatic carbocycles. The van der Waals surface area contributed by atoms with Gasteiger partial charge in [-0.1, -0.05) is 31.5 Å². The predicted octanol–water partition coefficient (Wildman–Crippen LogP) is 4.45. The van der Waals surface area contributed by atoms with Crippen LogP contribution in [0, 0.1) is 5.92 Å². The quantitative estimate of drug-likeness (QED) is 0.757. The van der Waals surface area contributed by atoms with Gasteiger partial charge in [0.25, 0.3) is 5.91 Å². The van der Waals surface area contributed by atoms with Crippen LogP contribution in [-0.4, -0.2) is 39.8 Å². The van der Waals surface area contributed by atoms with E-state index in [1.165, 1.54) is 19.3 Å². The highest BCUT2D eigenvalue weighted by molar-refractivity contribution is 5.95. The fourth-order valence-corrected chi connectivity index (χ4v) is 4.30. The molecule has 5 heteroatoms. The van der Waals surface area contributed by atoms with Crippen molar-refractivity contribution < 1.29 is 9.53 Å². The van der Waals surface area contributed by atoms with Gasteiger partial charge in [0.1, 0.15) is 0 Å². The van der Waals surface area contributed by atoms with E-state index in [0.717, 1.165) is 37.3 Å². The van der Waals surface area contributed by atoms with Crippen molar-refractivity contribution in [3.8, 4) is 11.4 Å². The molecule has 144 valence electrons. The van der Waals surface area contributed by atoms with Crippen LogP contribution in [0.5, 0.6) is 5.75 Å². The monoisotopic (exact) mass is 367 g/mol. The van der Waals surface area contributed by atoms with Crippen LogP contribution in [0.2, 0.25) is 0 Å². The third kappa shape index (κ3) is 3.73. The Morgan fingerprint density at radius 1 is 1.11 bits per heavy atom. The number of methoxy groups -OCH3 is 1. The Morgan fingerprint density at radius 3 is 2.30 bits per heavy atom. The Hall–Kier alpha value is -2.30. The number of carbonyl (C=O) groups excluding carboxylic acids is 1. The molecular formula is C22H29N3O2. The van der Waals surface area contributed by atoms with Gasteiger partial charge in [-0.15, -0.1) is 0 Å². The predicted molar refractivity (Wildman–Crippen MR) is 105 cm³/mol. The first kappa shape index (κ1) is 18.1. The first-order chi connectivity index (χ1) is 13.2. The van der Waals surface area contributed by atoms with Crippen molar-refractivity contribution in [2.75, 3.05) is 7.11 Å². The summed E-state index contributed by atoms with van der Waals surface area (Å²) in [5.41, 5.74) is 1.36. The second-order valence-electron chi connectivity index (χ2n) is 7.85. The summed E-state index contributed by atoms with van der Waals surface area (Å²) >= 11 is 0. The van der Waals surface area contributed by atoms with E-state index >= 15 is 0 Å². The summed E-state index contributed by atoms with van der Waals surface area (Å²) in [5, 5.41) is 4.61. The number of ether oxygens (including phenoxy) is 1. The Morgan fingerprint density at radius 2 is 1.74 bits per heavy atom. The molecule has 0 spiro atoms. The lowest BCUT2D eigenvalue weighted by molar-refractivity contribution is 0.0577. The molecular weight excluding hydrogens is 338 g/mol. The number of rotatable bonds is 6. The minimum absolute atomic E-state index is 0.0315. The Labute approximate surface area is 161 Å². The maximum Gasteiger partial charge on any atom is 0.278 e. The first-order valence-corrected chi connectivity index (χ1v) is 10.2. The fourth-order valence-electron chi connectivity index (χ4n) is 4.30. The highest BCUT2D eigenvalue weighted by Crippen LogP contribution is 2.37. The third-order valence-corrected chi connectivity index (χ3v) is 6.09. The zero-order chi connectivity index (χ0) is 18.8. The van der Waals surface area contributed by atoms with Gasteiger partial charge >= 0.3 is 0 Å². The molecule has 1 heterocycles.